The van der Waals surface area contributed by atoms with Crippen molar-refractivity contribution >= 4 is 16.2 Å². The van der Waals surface area contributed by atoms with E-state index >= 15 is 0 Å². The molecule has 0 aromatic carbocycles. The summed E-state index contributed by atoms with van der Waals surface area (Å²) in [6, 6.07) is 0. The maximum absolute atomic E-state index is 12.0. The summed E-state index contributed by atoms with van der Waals surface area (Å²) in [7, 11) is -3.46. The lowest BCUT2D eigenvalue weighted by molar-refractivity contribution is 0.0236. The van der Waals surface area contributed by atoms with Gasteiger partial charge < -0.3 is 9.64 Å². The average molecular weight is 307 g/mol. The van der Waals surface area contributed by atoms with Gasteiger partial charge in [0, 0.05) is 13.1 Å². The zero-order chi connectivity index (χ0) is 15.6. The highest BCUT2D eigenvalue weighted by Gasteiger charge is 2.29. The molecule has 2 unspecified atom stereocenters. The molecule has 1 rings (SSSR count). The summed E-state index contributed by atoms with van der Waals surface area (Å²) < 4.78 is 32.8. The van der Waals surface area contributed by atoms with Crippen molar-refractivity contribution < 1.29 is 22.1 Å². The van der Waals surface area contributed by atoms with Crippen LogP contribution >= 0.6 is 0 Å². The molecular weight excluding hydrogens is 282 g/mol. The Bertz CT molecular complexity index is 440. The molecule has 6 nitrogen and oxygen atoms in total. The van der Waals surface area contributed by atoms with Crippen LogP contribution in [-0.4, -0.2) is 50.5 Å². The van der Waals surface area contributed by atoms with Gasteiger partial charge >= 0.3 is 6.09 Å². The summed E-state index contributed by atoms with van der Waals surface area (Å²) >= 11 is 0. The quantitative estimate of drug-likeness (QED) is 0.730. The van der Waals surface area contributed by atoms with Crippen LogP contribution in [-0.2, 0) is 19.0 Å². The summed E-state index contributed by atoms with van der Waals surface area (Å²) in [5.41, 5.74) is -0.532. The van der Waals surface area contributed by atoms with Crippen LogP contribution in [0.5, 0.6) is 0 Å². The second kappa shape index (κ2) is 6.30. The van der Waals surface area contributed by atoms with E-state index in [4.69, 9.17) is 8.92 Å². The fraction of sp³-hybridized carbons (Fsp3) is 0.923. The molecule has 0 saturated carbocycles. The Hall–Kier alpha value is -0.820. The van der Waals surface area contributed by atoms with Gasteiger partial charge in [0.15, 0.2) is 0 Å². The minimum atomic E-state index is -3.46. The van der Waals surface area contributed by atoms with Gasteiger partial charge in [0.1, 0.15) is 5.60 Å². The predicted octanol–water partition coefficient (Wildman–Crippen LogP) is 2.00. The fourth-order valence-corrected chi connectivity index (χ4v) is 2.90. The lowest BCUT2D eigenvalue weighted by Crippen LogP contribution is -2.38. The van der Waals surface area contributed by atoms with Crippen molar-refractivity contribution in [2.24, 2.45) is 5.92 Å². The van der Waals surface area contributed by atoms with Crippen LogP contribution in [0.15, 0.2) is 0 Å². The van der Waals surface area contributed by atoms with Crippen molar-refractivity contribution in [3.05, 3.63) is 0 Å². The lowest BCUT2D eigenvalue weighted by Gasteiger charge is -2.27. The normalized spacial score (nSPS) is 25.1. The number of nitrogens with zero attached hydrogens (tertiary/aromatic N) is 1. The monoisotopic (exact) mass is 307 g/mol. The minimum Gasteiger partial charge on any atom is -0.444 e. The molecule has 1 heterocycles. The van der Waals surface area contributed by atoms with Crippen LogP contribution in [0.25, 0.3) is 0 Å². The van der Waals surface area contributed by atoms with E-state index in [0.717, 1.165) is 6.26 Å². The van der Waals surface area contributed by atoms with Gasteiger partial charge in [0.05, 0.1) is 12.4 Å². The molecule has 1 aliphatic rings. The van der Waals surface area contributed by atoms with Crippen molar-refractivity contribution in [2.45, 2.75) is 52.2 Å². The van der Waals surface area contributed by atoms with Gasteiger partial charge in [0.2, 0.25) is 0 Å². The summed E-state index contributed by atoms with van der Waals surface area (Å²) in [5, 5.41) is 0. The zero-order valence-electron chi connectivity index (χ0n) is 12.9. The molecule has 0 aromatic heterocycles. The zero-order valence-corrected chi connectivity index (χ0v) is 13.7. The maximum Gasteiger partial charge on any atom is 0.410 e. The molecule has 7 heteroatoms. The second-order valence-electron chi connectivity index (χ2n) is 6.48. The van der Waals surface area contributed by atoms with Crippen molar-refractivity contribution in [1.29, 1.82) is 0 Å². The second-order valence-corrected chi connectivity index (χ2v) is 8.08. The van der Waals surface area contributed by atoms with Crippen molar-refractivity contribution in [1.82, 2.24) is 4.90 Å². The Kier molecular flexibility index (Phi) is 5.43. The molecular formula is C13H25NO5S. The van der Waals surface area contributed by atoms with Gasteiger partial charge in [-0.15, -0.1) is 0 Å². The summed E-state index contributed by atoms with van der Waals surface area (Å²) in [6.07, 6.45) is 1.44. The Labute approximate surface area is 121 Å². The van der Waals surface area contributed by atoms with Gasteiger partial charge in [-0.2, -0.15) is 8.42 Å². The molecule has 20 heavy (non-hydrogen) atoms. The van der Waals surface area contributed by atoms with Crippen molar-refractivity contribution in [3.63, 3.8) is 0 Å². The average Bonchev–Trinajstić information content (AvgIpc) is 2.34. The number of rotatable bonds is 2. The third-order valence-electron chi connectivity index (χ3n) is 2.88. The number of carbonyl (C=O) groups is 1. The van der Waals surface area contributed by atoms with Crippen LogP contribution in [0.2, 0.25) is 0 Å². The first kappa shape index (κ1) is 17.2. The smallest absolute Gasteiger partial charge is 0.410 e. The highest BCUT2D eigenvalue weighted by Crippen LogP contribution is 2.22. The Morgan fingerprint density at radius 2 is 1.90 bits per heavy atom. The SMILES string of the molecule is CC1CC(OS(C)(=O)=O)CCN(C(=O)OC(C)(C)C)C1. The fourth-order valence-electron chi connectivity index (χ4n) is 2.24. The van der Waals surface area contributed by atoms with E-state index in [1.807, 2.05) is 27.7 Å². The third-order valence-corrected chi connectivity index (χ3v) is 3.50. The maximum atomic E-state index is 12.0. The first-order valence-electron chi connectivity index (χ1n) is 6.82. The Morgan fingerprint density at radius 3 is 2.40 bits per heavy atom. The summed E-state index contributed by atoms with van der Waals surface area (Å²) in [5.74, 6) is 0.164. The Morgan fingerprint density at radius 1 is 1.30 bits per heavy atom. The standard InChI is InChI=1S/C13H25NO5S/c1-10-8-11(19-20(5,16)17)6-7-14(9-10)12(15)18-13(2,3)4/h10-11H,6-9H2,1-5H3. The van der Waals surface area contributed by atoms with E-state index < -0.39 is 15.7 Å². The first-order chi connectivity index (χ1) is 8.96. The highest BCUT2D eigenvalue weighted by atomic mass is 32.2. The Balaban J connectivity index is 2.65. The van der Waals surface area contributed by atoms with Crippen LogP contribution < -0.4 is 0 Å². The van der Waals surface area contributed by atoms with Gasteiger partial charge in [-0.05, 0) is 39.5 Å². The summed E-state index contributed by atoms with van der Waals surface area (Å²) in [6.45, 7) is 8.43. The molecule has 1 aliphatic heterocycles. The molecule has 0 N–H and O–H groups in total. The minimum absolute atomic E-state index is 0.164. The predicted molar refractivity (Wildman–Crippen MR) is 75.9 cm³/mol. The molecule has 0 radical (unpaired) electrons. The summed E-state index contributed by atoms with van der Waals surface area (Å²) in [4.78, 5) is 13.7. The molecule has 0 aromatic rings. The number of hydrogen-bond acceptors (Lipinski definition) is 5. The van der Waals surface area contributed by atoms with E-state index in [9.17, 15) is 13.2 Å². The van der Waals surface area contributed by atoms with Gasteiger partial charge in [-0.3, -0.25) is 4.18 Å². The van der Waals surface area contributed by atoms with E-state index in [1.165, 1.54) is 0 Å². The van der Waals surface area contributed by atoms with Crippen LogP contribution in [0, 0.1) is 5.92 Å². The molecule has 0 spiro atoms. The third kappa shape index (κ3) is 6.56. The molecule has 1 fully saturated rings. The van der Waals surface area contributed by atoms with Crippen LogP contribution in [0.4, 0.5) is 4.79 Å². The van der Waals surface area contributed by atoms with E-state index in [-0.39, 0.29) is 18.1 Å². The number of ether oxygens (including phenoxy) is 1. The molecule has 1 saturated heterocycles. The van der Waals surface area contributed by atoms with Gasteiger partial charge in [-0.1, -0.05) is 6.92 Å². The topological polar surface area (TPSA) is 72.9 Å². The molecule has 1 amide bonds. The van der Waals surface area contributed by atoms with E-state index in [1.54, 1.807) is 4.90 Å². The lowest BCUT2D eigenvalue weighted by atomic mass is 10.0. The van der Waals surface area contributed by atoms with Crippen molar-refractivity contribution in [3.8, 4) is 0 Å². The molecule has 2 atom stereocenters. The highest BCUT2D eigenvalue weighted by molar-refractivity contribution is 7.86. The largest absolute Gasteiger partial charge is 0.444 e. The molecule has 118 valence electrons. The van der Waals surface area contributed by atoms with E-state index in [0.29, 0.717) is 25.9 Å². The van der Waals surface area contributed by atoms with Gasteiger partial charge in [0.25, 0.3) is 10.1 Å². The van der Waals surface area contributed by atoms with Crippen molar-refractivity contribution in [2.75, 3.05) is 19.3 Å². The van der Waals surface area contributed by atoms with Gasteiger partial charge in [-0.25, -0.2) is 4.79 Å². The molecule has 0 bridgehead atoms. The number of likely N-dealkylation sites (tertiary alicyclic amines) is 1. The number of carbonyl (C=O) groups excluding carboxylic acids is 1. The van der Waals surface area contributed by atoms with Crippen LogP contribution in [0.3, 0.4) is 0 Å². The number of amides is 1. The number of hydrogen-bond donors (Lipinski definition) is 0. The van der Waals surface area contributed by atoms with Crippen LogP contribution in [0.1, 0.15) is 40.5 Å². The van der Waals surface area contributed by atoms with E-state index in [2.05, 4.69) is 0 Å². The molecule has 0 aliphatic carbocycles. The first-order valence-corrected chi connectivity index (χ1v) is 8.64.